The van der Waals surface area contributed by atoms with Gasteiger partial charge in [0.15, 0.2) is 17.0 Å². The first-order valence-electron chi connectivity index (χ1n) is 6.86. The van der Waals surface area contributed by atoms with E-state index >= 15 is 0 Å². The molecule has 0 saturated heterocycles. The van der Waals surface area contributed by atoms with E-state index in [1.807, 2.05) is 0 Å². The monoisotopic (exact) mass is 309 g/mol. The predicted molar refractivity (Wildman–Crippen MR) is 77.2 cm³/mol. The largest absolute Gasteiger partial charge is 0.486 e. The van der Waals surface area contributed by atoms with E-state index in [4.69, 9.17) is 14.2 Å². The summed E-state index contributed by atoms with van der Waals surface area (Å²) in [5.74, 6) is -0.317. The number of rotatable bonds is 6. The van der Waals surface area contributed by atoms with Crippen molar-refractivity contribution in [2.45, 2.75) is 18.9 Å². The number of amides is 1. The fourth-order valence-corrected chi connectivity index (χ4v) is 2.17. The molecule has 1 aliphatic heterocycles. The van der Waals surface area contributed by atoms with Crippen LogP contribution in [-0.4, -0.2) is 49.5 Å². The molecule has 1 aromatic carbocycles. The van der Waals surface area contributed by atoms with Crippen molar-refractivity contribution in [1.29, 1.82) is 0 Å². The van der Waals surface area contributed by atoms with Crippen LogP contribution in [-0.2, 0) is 20.7 Å². The molecule has 0 spiro atoms. The van der Waals surface area contributed by atoms with E-state index in [-0.39, 0.29) is 13.0 Å². The molecule has 1 aromatic rings. The highest BCUT2D eigenvalue weighted by Gasteiger charge is 2.34. The summed E-state index contributed by atoms with van der Waals surface area (Å²) in [6, 6.07) is 5.21. The van der Waals surface area contributed by atoms with E-state index in [0.717, 1.165) is 0 Å². The van der Waals surface area contributed by atoms with Crippen molar-refractivity contribution in [1.82, 2.24) is 5.32 Å². The molecular formula is C15H19NO6. The minimum Gasteiger partial charge on any atom is -0.486 e. The Kier molecular flexibility index (Phi) is 4.87. The maximum absolute atomic E-state index is 12.1. The molecule has 120 valence electrons. The average Bonchev–Trinajstić information content (AvgIpc) is 2.47. The SMILES string of the molecule is COCC(C)(NC(=O)Cc1ccc2c(c1)OCCO2)C(=O)O. The molecule has 0 fully saturated rings. The van der Waals surface area contributed by atoms with Gasteiger partial charge in [-0.2, -0.15) is 0 Å². The summed E-state index contributed by atoms with van der Waals surface area (Å²) < 4.78 is 15.7. The Hall–Kier alpha value is -2.28. The van der Waals surface area contributed by atoms with Crippen LogP contribution in [0.1, 0.15) is 12.5 Å². The summed E-state index contributed by atoms with van der Waals surface area (Å²) in [5.41, 5.74) is -0.744. The van der Waals surface area contributed by atoms with Crippen molar-refractivity contribution in [3.05, 3.63) is 23.8 Å². The lowest BCUT2D eigenvalue weighted by Crippen LogP contribution is -2.55. The van der Waals surface area contributed by atoms with Crippen LogP contribution in [0.25, 0.3) is 0 Å². The number of hydrogen-bond acceptors (Lipinski definition) is 5. The van der Waals surface area contributed by atoms with Crippen molar-refractivity contribution < 1.29 is 28.9 Å². The van der Waals surface area contributed by atoms with Gasteiger partial charge in [0.1, 0.15) is 13.2 Å². The second-order valence-electron chi connectivity index (χ2n) is 5.27. The van der Waals surface area contributed by atoms with Gasteiger partial charge in [0.2, 0.25) is 5.91 Å². The highest BCUT2D eigenvalue weighted by molar-refractivity contribution is 5.87. The first kappa shape index (κ1) is 16.1. The van der Waals surface area contributed by atoms with Gasteiger partial charge < -0.3 is 24.6 Å². The molecule has 0 radical (unpaired) electrons. The Bertz CT molecular complexity index is 573. The zero-order chi connectivity index (χ0) is 16.2. The molecular weight excluding hydrogens is 290 g/mol. The summed E-state index contributed by atoms with van der Waals surface area (Å²) in [5, 5.41) is 11.7. The summed E-state index contributed by atoms with van der Waals surface area (Å²) in [7, 11) is 1.38. The molecule has 7 heteroatoms. The van der Waals surface area contributed by atoms with Gasteiger partial charge in [0, 0.05) is 7.11 Å². The third-order valence-corrected chi connectivity index (χ3v) is 3.29. The molecule has 2 rings (SSSR count). The topological polar surface area (TPSA) is 94.1 Å². The quantitative estimate of drug-likeness (QED) is 0.799. The number of methoxy groups -OCH3 is 1. The van der Waals surface area contributed by atoms with Crippen LogP contribution in [0.2, 0.25) is 0 Å². The molecule has 0 saturated carbocycles. The van der Waals surface area contributed by atoms with Gasteiger partial charge in [-0.15, -0.1) is 0 Å². The fourth-order valence-electron chi connectivity index (χ4n) is 2.17. The second-order valence-corrected chi connectivity index (χ2v) is 5.27. The Balaban J connectivity index is 2.04. The first-order chi connectivity index (χ1) is 10.4. The molecule has 1 heterocycles. The van der Waals surface area contributed by atoms with Crippen LogP contribution < -0.4 is 14.8 Å². The molecule has 0 bridgehead atoms. The van der Waals surface area contributed by atoms with Crippen LogP contribution in [0.15, 0.2) is 18.2 Å². The zero-order valence-corrected chi connectivity index (χ0v) is 12.5. The van der Waals surface area contributed by atoms with Crippen molar-refractivity contribution >= 4 is 11.9 Å². The summed E-state index contributed by atoms with van der Waals surface area (Å²) in [4.78, 5) is 23.3. The van der Waals surface area contributed by atoms with Crippen LogP contribution in [0.4, 0.5) is 0 Å². The third-order valence-electron chi connectivity index (χ3n) is 3.29. The number of carboxylic acid groups (broad SMARTS) is 1. The second kappa shape index (κ2) is 6.65. The normalized spacial score (nSPS) is 15.7. The number of hydrogen-bond donors (Lipinski definition) is 2. The zero-order valence-electron chi connectivity index (χ0n) is 12.5. The molecule has 7 nitrogen and oxygen atoms in total. The van der Waals surface area contributed by atoms with Crippen molar-refractivity contribution in [2.75, 3.05) is 26.9 Å². The number of carbonyl (C=O) groups excluding carboxylic acids is 1. The fraction of sp³-hybridized carbons (Fsp3) is 0.467. The first-order valence-corrected chi connectivity index (χ1v) is 6.86. The van der Waals surface area contributed by atoms with Gasteiger partial charge in [0.25, 0.3) is 0 Å². The molecule has 1 amide bonds. The Morgan fingerprint density at radius 3 is 2.64 bits per heavy atom. The standard InChI is InChI=1S/C15H19NO6/c1-15(9-20-2,14(18)19)16-13(17)8-10-3-4-11-12(7-10)22-6-5-21-11/h3-4,7H,5-6,8-9H2,1-2H3,(H,16,17)(H,18,19). The van der Waals surface area contributed by atoms with Gasteiger partial charge in [-0.25, -0.2) is 4.79 Å². The van der Waals surface area contributed by atoms with Gasteiger partial charge in [-0.3, -0.25) is 4.79 Å². The lowest BCUT2D eigenvalue weighted by molar-refractivity contribution is -0.149. The molecule has 1 atom stereocenters. The van der Waals surface area contributed by atoms with Crippen LogP contribution in [0.3, 0.4) is 0 Å². The van der Waals surface area contributed by atoms with Gasteiger partial charge >= 0.3 is 5.97 Å². The third kappa shape index (κ3) is 3.67. The molecule has 0 aliphatic carbocycles. The summed E-state index contributed by atoms with van der Waals surface area (Å²) in [6.45, 7) is 2.25. The van der Waals surface area contributed by atoms with Gasteiger partial charge in [0.05, 0.1) is 13.0 Å². The Labute approximate surface area is 128 Å². The minimum atomic E-state index is -1.46. The van der Waals surface area contributed by atoms with Gasteiger partial charge in [-0.05, 0) is 24.6 Å². The number of benzene rings is 1. The molecule has 0 aromatic heterocycles. The smallest absolute Gasteiger partial charge is 0.331 e. The van der Waals surface area contributed by atoms with Crippen LogP contribution >= 0.6 is 0 Å². The number of fused-ring (bicyclic) bond motifs is 1. The number of nitrogens with one attached hydrogen (secondary N) is 1. The van der Waals surface area contributed by atoms with Crippen LogP contribution in [0, 0.1) is 0 Å². The van der Waals surface area contributed by atoms with E-state index in [0.29, 0.717) is 30.3 Å². The van der Waals surface area contributed by atoms with Crippen molar-refractivity contribution in [2.24, 2.45) is 0 Å². The lowest BCUT2D eigenvalue weighted by Gasteiger charge is -2.25. The number of carboxylic acids is 1. The molecule has 2 N–H and O–H groups in total. The lowest BCUT2D eigenvalue weighted by atomic mass is 10.0. The van der Waals surface area contributed by atoms with Crippen molar-refractivity contribution in [3.8, 4) is 11.5 Å². The maximum atomic E-state index is 12.1. The highest BCUT2D eigenvalue weighted by atomic mass is 16.6. The number of aliphatic carboxylic acids is 1. The highest BCUT2D eigenvalue weighted by Crippen LogP contribution is 2.30. The van der Waals surface area contributed by atoms with E-state index in [2.05, 4.69) is 5.32 Å². The maximum Gasteiger partial charge on any atom is 0.331 e. The van der Waals surface area contributed by atoms with Gasteiger partial charge in [-0.1, -0.05) is 6.07 Å². The summed E-state index contributed by atoms with van der Waals surface area (Å²) in [6.07, 6.45) is 0.0449. The molecule has 1 aliphatic rings. The van der Waals surface area contributed by atoms with Crippen LogP contribution in [0.5, 0.6) is 11.5 Å². The van der Waals surface area contributed by atoms with E-state index in [1.54, 1.807) is 18.2 Å². The van der Waals surface area contributed by atoms with Crippen molar-refractivity contribution in [3.63, 3.8) is 0 Å². The van der Waals surface area contributed by atoms with E-state index in [1.165, 1.54) is 14.0 Å². The molecule has 22 heavy (non-hydrogen) atoms. The van der Waals surface area contributed by atoms with E-state index < -0.39 is 17.4 Å². The predicted octanol–water partition coefficient (Wildman–Crippen LogP) is 0.606. The summed E-state index contributed by atoms with van der Waals surface area (Å²) >= 11 is 0. The molecule has 1 unspecified atom stereocenters. The van der Waals surface area contributed by atoms with E-state index in [9.17, 15) is 14.7 Å². The average molecular weight is 309 g/mol. The number of carbonyl (C=O) groups is 2. The Morgan fingerprint density at radius 1 is 1.32 bits per heavy atom. The minimum absolute atomic E-state index is 0.0449. The Morgan fingerprint density at radius 2 is 2.00 bits per heavy atom. The number of ether oxygens (including phenoxy) is 3.